The summed E-state index contributed by atoms with van der Waals surface area (Å²) in [6.07, 6.45) is 3.32. The van der Waals surface area contributed by atoms with Gasteiger partial charge in [-0.1, -0.05) is 48.0 Å². The molecule has 1 aliphatic rings. The van der Waals surface area contributed by atoms with Gasteiger partial charge >= 0.3 is 5.97 Å². The zero-order valence-electron chi connectivity index (χ0n) is 11.5. The van der Waals surface area contributed by atoms with Gasteiger partial charge in [0.2, 0.25) is 0 Å². The lowest BCUT2D eigenvalue weighted by Crippen LogP contribution is -1.97. The van der Waals surface area contributed by atoms with Gasteiger partial charge in [-0.25, -0.2) is 4.79 Å². The van der Waals surface area contributed by atoms with Gasteiger partial charge in [-0.3, -0.25) is 0 Å². The minimum atomic E-state index is -0.408. The predicted octanol–water partition coefficient (Wildman–Crippen LogP) is 3.68. The third-order valence-corrected chi connectivity index (χ3v) is 3.31. The van der Waals surface area contributed by atoms with Crippen molar-refractivity contribution in [2.24, 2.45) is 0 Å². The van der Waals surface area contributed by atoms with E-state index < -0.39 is 5.97 Å². The Morgan fingerprint density at radius 2 is 1.76 bits per heavy atom. The van der Waals surface area contributed by atoms with E-state index in [1.54, 1.807) is 36.4 Å². The Balaban J connectivity index is 1.96. The average Bonchev–Trinajstić information content (AvgIpc) is 2.83. The minimum absolute atomic E-state index is 0.134. The molecule has 0 amide bonds. The Bertz CT molecular complexity index is 752. The van der Waals surface area contributed by atoms with Gasteiger partial charge in [-0.05, 0) is 25.1 Å². The Labute approximate surface area is 122 Å². The molecule has 0 fully saturated rings. The first-order valence-electron chi connectivity index (χ1n) is 6.64. The summed E-state index contributed by atoms with van der Waals surface area (Å²) in [7, 11) is 0. The van der Waals surface area contributed by atoms with Crippen LogP contribution < -0.4 is 0 Å². The Kier molecular flexibility index (Phi) is 3.32. The highest BCUT2D eigenvalue weighted by atomic mass is 16.5. The molecule has 0 atom stereocenters. The second-order valence-electron chi connectivity index (χ2n) is 4.92. The summed E-state index contributed by atoms with van der Waals surface area (Å²) in [4.78, 5) is 11.9. The third-order valence-electron chi connectivity index (χ3n) is 3.31. The molecule has 21 heavy (non-hydrogen) atoms. The monoisotopic (exact) mass is 278 g/mol. The molecule has 0 unspecified atom stereocenters. The maximum Gasteiger partial charge on any atom is 0.343 e. The molecule has 2 aromatic rings. The van der Waals surface area contributed by atoms with Crippen molar-refractivity contribution < 1.29 is 14.6 Å². The molecular weight excluding hydrogens is 264 g/mol. The summed E-state index contributed by atoms with van der Waals surface area (Å²) in [5.41, 5.74) is 3.02. The number of phenols is 1. The first-order chi connectivity index (χ1) is 10.1. The van der Waals surface area contributed by atoms with Crippen LogP contribution in [0.2, 0.25) is 0 Å². The van der Waals surface area contributed by atoms with Gasteiger partial charge in [0.25, 0.3) is 0 Å². The lowest BCUT2D eigenvalue weighted by molar-refractivity contribution is -0.130. The molecule has 3 heteroatoms. The number of cyclic esters (lactones) is 1. The Hall–Kier alpha value is -2.81. The summed E-state index contributed by atoms with van der Waals surface area (Å²) >= 11 is 0. The van der Waals surface area contributed by atoms with E-state index in [-0.39, 0.29) is 5.75 Å². The van der Waals surface area contributed by atoms with Crippen LogP contribution in [-0.2, 0) is 9.53 Å². The number of aromatic hydroxyl groups is 1. The number of esters is 1. The lowest BCUT2D eigenvalue weighted by atomic mass is 10.1. The highest BCUT2D eigenvalue weighted by Crippen LogP contribution is 2.29. The molecule has 2 aromatic carbocycles. The second-order valence-corrected chi connectivity index (χ2v) is 4.92. The first kappa shape index (κ1) is 13.2. The van der Waals surface area contributed by atoms with Crippen LogP contribution in [-0.4, -0.2) is 11.1 Å². The summed E-state index contributed by atoms with van der Waals surface area (Å²) in [5.74, 6) is 0.255. The normalized spacial score (nSPS) is 16.0. The number of carbonyl (C=O) groups is 1. The van der Waals surface area contributed by atoms with E-state index in [0.717, 1.165) is 11.1 Å². The van der Waals surface area contributed by atoms with Crippen LogP contribution in [0.3, 0.4) is 0 Å². The van der Waals surface area contributed by atoms with Crippen LogP contribution in [0.25, 0.3) is 11.8 Å². The number of rotatable bonds is 2. The van der Waals surface area contributed by atoms with Crippen molar-refractivity contribution in [1.82, 2.24) is 0 Å². The summed E-state index contributed by atoms with van der Waals surface area (Å²) in [6.45, 7) is 2.00. The quantitative estimate of drug-likeness (QED) is 0.673. The molecule has 0 aromatic heterocycles. The Morgan fingerprint density at radius 1 is 1.05 bits per heavy atom. The number of benzene rings is 2. The van der Waals surface area contributed by atoms with Crippen LogP contribution in [0.4, 0.5) is 0 Å². The van der Waals surface area contributed by atoms with Crippen LogP contribution in [0.15, 0.2) is 60.2 Å². The van der Waals surface area contributed by atoms with Gasteiger partial charge in [0.1, 0.15) is 11.5 Å². The van der Waals surface area contributed by atoms with E-state index in [4.69, 9.17) is 4.74 Å². The molecule has 0 spiro atoms. The number of phenolic OH excluding ortho intramolecular Hbond substituents is 1. The topological polar surface area (TPSA) is 46.5 Å². The molecule has 1 aliphatic heterocycles. The molecule has 1 N–H and O–H groups in total. The number of para-hydroxylation sites is 1. The van der Waals surface area contributed by atoms with Crippen LogP contribution in [0, 0.1) is 6.92 Å². The van der Waals surface area contributed by atoms with Crippen molar-refractivity contribution in [2.75, 3.05) is 0 Å². The van der Waals surface area contributed by atoms with Gasteiger partial charge in [0.05, 0.1) is 5.57 Å². The van der Waals surface area contributed by atoms with E-state index >= 15 is 0 Å². The van der Waals surface area contributed by atoms with E-state index in [2.05, 4.69) is 0 Å². The number of hydrogen-bond acceptors (Lipinski definition) is 3. The van der Waals surface area contributed by atoms with Crippen LogP contribution in [0.5, 0.6) is 5.75 Å². The van der Waals surface area contributed by atoms with E-state index in [1.807, 2.05) is 31.2 Å². The zero-order valence-corrected chi connectivity index (χ0v) is 11.5. The van der Waals surface area contributed by atoms with Crippen molar-refractivity contribution in [3.8, 4) is 5.75 Å². The summed E-state index contributed by atoms with van der Waals surface area (Å²) in [6, 6.07) is 14.6. The summed E-state index contributed by atoms with van der Waals surface area (Å²) in [5, 5.41) is 9.75. The van der Waals surface area contributed by atoms with E-state index in [9.17, 15) is 9.90 Å². The van der Waals surface area contributed by atoms with Gasteiger partial charge in [0, 0.05) is 11.1 Å². The Morgan fingerprint density at radius 3 is 2.48 bits per heavy atom. The molecule has 0 radical (unpaired) electrons. The maximum absolute atomic E-state index is 11.9. The number of hydrogen-bond donors (Lipinski definition) is 1. The minimum Gasteiger partial charge on any atom is -0.507 e. The van der Waals surface area contributed by atoms with E-state index in [0.29, 0.717) is 16.9 Å². The number of ether oxygens (including phenoxy) is 1. The average molecular weight is 278 g/mol. The molecule has 0 aliphatic carbocycles. The largest absolute Gasteiger partial charge is 0.507 e. The fourth-order valence-corrected chi connectivity index (χ4v) is 2.13. The molecule has 0 saturated carbocycles. The standard InChI is InChI=1S/C18H14O3/c1-12-6-8-13(9-7-12)17-11-15(18(20)21-17)10-14-4-2-3-5-16(14)19/h2-11,19H,1H3/b15-10-. The molecule has 3 nitrogen and oxygen atoms in total. The smallest absolute Gasteiger partial charge is 0.343 e. The molecule has 0 bridgehead atoms. The van der Waals surface area contributed by atoms with Crippen molar-refractivity contribution in [1.29, 1.82) is 0 Å². The highest BCUT2D eigenvalue weighted by molar-refractivity contribution is 6.05. The molecular formula is C18H14O3. The fourth-order valence-electron chi connectivity index (χ4n) is 2.13. The van der Waals surface area contributed by atoms with Crippen molar-refractivity contribution in [3.05, 3.63) is 76.9 Å². The van der Waals surface area contributed by atoms with Gasteiger partial charge in [-0.15, -0.1) is 0 Å². The van der Waals surface area contributed by atoms with Crippen LogP contribution >= 0.6 is 0 Å². The number of carbonyl (C=O) groups excluding carboxylic acids is 1. The predicted molar refractivity (Wildman–Crippen MR) is 81.3 cm³/mol. The van der Waals surface area contributed by atoms with E-state index in [1.165, 1.54) is 0 Å². The van der Waals surface area contributed by atoms with Gasteiger partial charge in [-0.2, -0.15) is 0 Å². The fraction of sp³-hybridized carbons (Fsp3) is 0.0556. The van der Waals surface area contributed by atoms with Gasteiger partial charge < -0.3 is 9.84 Å². The summed E-state index contributed by atoms with van der Waals surface area (Å²) < 4.78 is 5.28. The maximum atomic E-state index is 11.9. The highest BCUT2D eigenvalue weighted by Gasteiger charge is 2.22. The first-order valence-corrected chi connectivity index (χ1v) is 6.64. The molecule has 0 saturated heterocycles. The second kappa shape index (κ2) is 5.29. The SMILES string of the molecule is Cc1ccc(C2=C/C(=C/c3ccccc3O)C(=O)O2)cc1. The number of aryl methyl sites for hydroxylation is 1. The van der Waals surface area contributed by atoms with Crippen molar-refractivity contribution in [3.63, 3.8) is 0 Å². The molecule has 104 valence electrons. The van der Waals surface area contributed by atoms with Crippen molar-refractivity contribution >= 4 is 17.8 Å². The third kappa shape index (κ3) is 2.72. The van der Waals surface area contributed by atoms with Crippen LogP contribution in [0.1, 0.15) is 16.7 Å². The van der Waals surface area contributed by atoms with Crippen molar-refractivity contribution in [2.45, 2.75) is 6.92 Å². The molecule has 3 rings (SSSR count). The zero-order chi connectivity index (χ0) is 14.8. The lowest BCUT2D eigenvalue weighted by Gasteiger charge is -2.01. The van der Waals surface area contributed by atoms with Gasteiger partial charge in [0.15, 0.2) is 0 Å². The molecule has 1 heterocycles.